The zero-order chi connectivity index (χ0) is 12.8. The van der Waals surface area contributed by atoms with Gasteiger partial charge in [0.25, 0.3) is 0 Å². The third-order valence-corrected chi connectivity index (χ3v) is 3.90. The van der Waals surface area contributed by atoms with Gasteiger partial charge in [-0.25, -0.2) is 0 Å². The van der Waals surface area contributed by atoms with E-state index in [9.17, 15) is 0 Å². The molecule has 0 aliphatic heterocycles. The lowest BCUT2D eigenvalue weighted by Crippen LogP contribution is -2.09. The van der Waals surface area contributed by atoms with Gasteiger partial charge < -0.3 is 9.15 Å². The summed E-state index contributed by atoms with van der Waals surface area (Å²) in [6.07, 6.45) is 5.61. The van der Waals surface area contributed by atoms with E-state index in [4.69, 9.17) is 9.15 Å². The number of furan rings is 1. The van der Waals surface area contributed by atoms with Crippen molar-refractivity contribution in [2.75, 3.05) is 12.4 Å². The number of benzene rings is 1. The summed E-state index contributed by atoms with van der Waals surface area (Å²) in [7, 11) is 1.70. The summed E-state index contributed by atoms with van der Waals surface area (Å²) < 4.78 is 10.4. The van der Waals surface area contributed by atoms with Crippen molar-refractivity contribution in [2.24, 2.45) is 5.92 Å². The van der Waals surface area contributed by atoms with E-state index >= 15 is 0 Å². The number of methoxy groups -OCH3 is 1. The Hall–Kier alpha value is -1.22. The highest BCUT2D eigenvalue weighted by molar-refractivity contribution is 9.09. The van der Waals surface area contributed by atoms with Gasteiger partial charge >= 0.3 is 0 Å². The average Bonchev–Trinajstić information content (AvgIpc) is 2.91. The van der Waals surface area contributed by atoms with Gasteiger partial charge in [-0.05, 0) is 48.1 Å². The zero-order valence-corrected chi connectivity index (χ0v) is 12.0. The molecule has 1 aromatic heterocycles. The second kappa shape index (κ2) is 6.64. The lowest BCUT2D eigenvalue weighted by atomic mass is 9.95. The lowest BCUT2D eigenvalue weighted by molar-refractivity contribution is 0.414. The molecule has 0 radical (unpaired) electrons. The number of ether oxygens (including phenoxy) is 1. The summed E-state index contributed by atoms with van der Waals surface area (Å²) in [5.74, 6) is 1.49. The Balaban J connectivity index is 2.00. The molecule has 3 heteroatoms. The van der Waals surface area contributed by atoms with Crippen LogP contribution in [0.4, 0.5) is 0 Å². The first kappa shape index (κ1) is 13.2. The van der Waals surface area contributed by atoms with Crippen LogP contribution in [0.1, 0.15) is 11.1 Å². The van der Waals surface area contributed by atoms with Crippen molar-refractivity contribution in [3.63, 3.8) is 0 Å². The normalized spacial score (nSPS) is 12.3. The van der Waals surface area contributed by atoms with Gasteiger partial charge in [-0.15, -0.1) is 0 Å². The Labute approximate surface area is 116 Å². The minimum Gasteiger partial charge on any atom is -0.497 e. The molecule has 2 aromatic rings. The molecule has 2 rings (SSSR count). The number of rotatable bonds is 6. The maximum Gasteiger partial charge on any atom is 0.119 e. The Morgan fingerprint density at radius 2 is 2.06 bits per heavy atom. The number of hydrogen-bond acceptors (Lipinski definition) is 2. The number of halogens is 1. The van der Waals surface area contributed by atoms with Crippen LogP contribution in [0, 0.1) is 5.92 Å². The molecule has 1 atom stereocenters. The van der Waals surface area contributed by atoms with Crippen molar-refractivity contribution in [3.8, 4) is 5.75 Å². The Bertz CT molecular complexity index is 465. The van der Waals surface area contributed by atoms with Gasteiger partial charge in [0.2, 0.25) is 0 Å². The van der Waals surface area contributed by atoms with E-state index in [-0.39, 0.29) is 0 Å². The molecule has 2 nitrogen and oxygen atoms in total. The van der Waals surface area contributed by atoms with Crippen LogP contribution < -0.4 is 4.74 Å². The van der Waals surface area contributed by atoms with Crippen molar-refractivity contribution in [1.82, 2.24) is 0 Å². The van der Waals surface area contributed by atoms with E-state index < -0.39 is 0 Å². The maximum absolute atomic E-state index is 5.25. The maximum atomic E-state index is 5.25. The van der Waals surface area contributed by atoms with Gasteiger partial charge in [-0.1, -0.05) is 28.1 Å². The highest BCUT2D eigenvalue weighted by Gasteiger charge is 2.10. The minimum absolute atomic E-state index is 0.565. The fourth-order valence-electron chi connectivity index (χ4n) is 2.06. The van der Waals surface area contributed by atoms with Gasteiger partial charge in [0.15, 0.2) is 0 Å². The molecule has 0 aliphatic carbocycles. The molecular weight excluding hydrogens is 292 g/mol. The Kier molecular flexibility index (Phi) is 4.88. The predicted octanol–water partition coefficient (Wildman–Crippen LogP) is 4.08. The Morgan fingerprint density at radius 1 is 1.22 bits per heavy atom. The molecule has 0 bridgehead atoms. The zero-order valence-electron chi connectivity index (χ0n) is 10.4. The molecule has 0 aliphatic rings. The molecule has 96 valence electrons. The fourth-order valence-corrected chi connectivity index (χ4v) is 2.51. The van der Waals surface area contributed by atoms with E-state index in [1.54, 1.807) is 13.4 Å². The van der Waals surface area contributed by atoms with Gasteiger partial charge in [-0.3, -0.25) is 0 Å². The van der Waals surface area contributed by atoms with Crippen LogP contribution in [0.15, 0.2) is 47.3 Å². The van der Waals surface area contributed by atoms with Crippen molar-refractivity contribution < 1.29 is 9.15 Å². The van der Waals surface area contributed by atoms with Crippen LogP contribution in [-0.4, -0.2) is 12.4 Å². The van der Waals surface area contributed by atoms with E-state index in [1.807, 2.05) is 24.5 Å². The molecule has 18 heavy (non-hydrogen) atoms. The molecule has 0 amide bonds. The number of hydrogen-bond donors (Lipinski definition) is 0. The quantitative estimate of drug-likeness (QED) is 0.750. The van der Waals surface area contributed by atoms with Crippen molar-refractivity contribution in [1.29, 1.82) is 0 Å². The van der Waals surface area contributed by atoms with Crippen LogP contribution in [0.2, 0.25) is 0 Å². The first-order valence-corrected chi connectivity index (χ1v) is 7.14. The van der Waals surface area contributed by atoms with Crippen LogP contribution in [0.5, 0.6) is 5.75 Å². The van der Waals surface area contributed by atoms with E-state index in [0.29, 0.717) is 5.92 Å². The summed E-state index contributed by atoms with van der Waals surface area (Å²) in [5, 5.41) is 0.982. The molecular formula is C15H17BrO2. The van der Waals surface area contributed by atoms with E-state index in [2.05, 4.69) is 28.1 Å². The third kappa shape index (κ3) is 3.64. The highest BCUT2D eigenvalue weighted by Crippen LogP contribution is 2.20. The molecule has 1 aromatic carbocycles. The van der Waals surface area contributed by atoms with Crippen LogP contribution in [0.25, 0.3) is 0 Å². The third-order valence-electron chi connectivity index (χ3n) is 2.98. The summed E-state index contributed by atoms with van der Waals surface area (Å²) in [6.45, 7) is 0. The topological polar surface area (TPSA) is 22.4 Å². The van der Waals surface area contributed by atoms with Crippen LogP contribution >= 0.6 is 15.9 Å². The summed E-state index contributed by atoms with van der Waals surface area (Å²) in [4.78, 5) is 0. The lowest BCUT2D eigenvalue weighted by Gasteiger charge is -2.13. The predicted molar refractivity (Wildman–Crippen MR) is 76.4 cm³/mol. The summed E-state index contributed by atoms with van der Waals surface area (Å²) in [6, 6.07) is 10.3. The fraction of sp³-hybridized carbons (Fsp3) is 0.333. The van der Waals surface area contributed by atoms with Gasteiger partial charge in [0.05, 0.1) is 19.6 Å². The minimum atomic E-state index is 0.565. The molecule has 0 saturated heterocycles. The second-order valence-electron chi connectivity index (χ2n) is 4.41. The molecule has 0 saturated carbocycles. The number of alkyl halides is 1. The smallest absolute Gasteiger partial charge is 0.119 e. The van der Waals surface area contributed by atoms with Crippen molar-refractivity contribution in [3.05, 3.63) is 54.0 Å². The van der Waals surface area contributed by atoms with Crippen LogP contribution in [0.3, 0.4) is 0 Å². The second-order valence-corrected chi connectivity index (χ2v) is 5.06. The first-order chi connectivity index (χ1) is 8.81. The first-order valence-electron chi connectivity index (χ1n) is 6.01. The van der Waals surface area contributed by atoms with Gasteiger partial charge in [0.1, 0.15) is 5.75 Å². The molecule has 1 unspecified atom stereocenters. The van der Waals surface area contributed by atoms with Gasteiger partial charge in [0, 0.05) is 5.33 Å². The summed E-state index contributed by atoms with van der Waals surface area (Å²) in [5.41, 5.74) is 2.56. The van der Waals surface area contributed by atoms with Crippen molar-refractivity contribution in [2.45, 2.75) is 12.8 Å². The molecule has 0 N–H and O–H groups in total. The average molecular weight is 309 g/mol. The van der Waals surface area contributed by atoms with Crippen molar-refractivity contribution >= 4 is 15.9 Å². The molecule has 0 fully saturated rings. The van der Waals surface area contributed by atoms with Gasteiger partial charge in [-0.2, -0.15) is 0 Å². The monoisotopic (exact) mass is 308 g/mol. The van der Waals surface area contributed by atoms with E-state index in [0.717, 1.165) is 23.9 Å². The standard InChI is InChI=1S/C15H17BrO2/c1-17-15-4-2-3-12(9-15)7-14(10-16)8-13-5-6-18-11-13/h2-6,9,11,14H,7-8,10H2,1H3. The molecule has 0 spiro atoms. The Morgan fingerprint density at radius 3 is 2.72 bits per heavy atom. The van der Waals surface area contributed by atoms with Crippen LogP contribution in [-0.2, 0) is 12.8 Å². The molecule has 1 heterocycles. The summed E-state index contributed by atoms with van der Waals surface area (Å²) >= 11 is 3.59. The largest absolute Gasteiger partial charge is 0.497 e. The van der Waals surface area contributed by atoms with E-state index in [1.165, 1.54) is 11.1 Å². The SMILES string of the molecule is COc1cccc(CC(CBr)Cc2ccoc2)c1. The highest BCUT2D eigenvalue weighted by atomic mass is 79.9.